The second-order valence-electron chi connectivity index (χ2n) is 4.05. The zero-order valence-corrected chi connectivity index (χ0v) is 11.0. The van der Waals surface area contributed by atoms with Crippen LogP contribution in [0.2, 0.25) is 0 Å². The molecule has 1 atom stereocenters. The Labute approximate surface area is 110 Å². The number of H-pyrrole nitrogens is 1. The number of nitrogens with one attached hydrogen (secondary N) is 3. The summed E-state index contributed by atoms with van der Waals surface area (Å²) < 4.78 is 4.87. The molecule has 0 radical (unpaired) electrons. The predicted molar refractivity (Wildman–Crippen MR) is 72.2 cm³/mol. The highest BCUT2D eigenvalue weighted by Gasteiger charge is 2.10. The van der Waals surface area contributed by atoms with Crippen molar-refractivity contribution in [1.82, 2.24) is 20.2 Å². The molecule has 0 aliphatic rings. The van der Waals surface area contributed by atoms with Gasteiger partial charge in [-0.15, -0.1) is 0 Å². The molecule has 2 aromatic heterocycles. The predicted octanol–water partition coefficient (Wildman–Crippen LogP) is 0.204. The third-order valence-electron chi connectivity index (χ3n) is 2.51. The first-order valence-electron chi connectivity index (χ1n) is 6.10. The Morgan fingerprint density at radius 3 is 3.00 bits per heavy atom. The first kappa shape index (κ1) is 13.5. The molecule has 19 heavy (non-hydrogen) atoms. The van der Waals surface area contributed by atoms with Gasteiger partial charge in [-0.3, -0.25) is 5.10 Å². The number of nitrogens with zero attached hydrogens (tertiary/aromatic N) is 3. The van der Waals surface area contributed by atoms with Gasteiger partial charge in [0.2, 0.25) is 5.95 Å². The fourth-order valence-corrected chi connectivity index (χ4v) is 1.67. The quantitative estimate of drug-likeness (QED) is 0.567. The van der Waals surface area contributed by atoms with Gasteiger partial charge in [-0.1, -0.05) is 0 Å². The highest BCUT2D eigenvalue weighted by atomic mass is 16.5. The number of ether oxygens (including phenoxy) is 1. The highest BCUT2D eigenvalue weighted by Crippen LogP contribution is 2.19. The van der Waals surface area contributed by atoms with Crippen molar-refractivity contribution in [1.29, 1.82) is 0 Å². The van der Waals surface area contributed by atoms with Gasteiger partial charge in [0.25, 0.3) is 0 Å². The Hall–Kier alpha value is -1.93. The van der Waals surface area contributed by atoms with E-state index < -0.39 is 6.10 Å². The maximum absolute atomic E-state index is 9.64. The van der Waals surface area contributed by atoms with E-state index >= 15 is 0 Å². The lowest BCUT2D eigenvalue weighted by atomic mass is 10.3. The van der Waals surface area contributed by atoms with Crippen molar-refractivity contribution < 1.29 is 9.84 Å². The number of hydrogen-bond acceptors (Lipinski definition) is 7. The Kier molecular flexibility index (Phi) is 4.48. The summed E-state index contributed by atoms with van der Waals surface area (Å²) in [5.41, 5.74) is 0.648. The summed E-state index contributed by atoms with van der Waals surface area (Å²) in [6.45, 7) is 3.31. The molecule has 8 nitrogen and oxygen atoms in total. The largest absolute Gasteiger partial charge is 0.389 e. The number of rotatable bonds is 7. The van der Waals surface area contributed by atoms with Crippen molar-refractivity contribution in [2.45, 2.75) is 13.0 Å². The first-order valence-corrected chi connectivity index (χ1v) is 6.10. The van der Waals surface area contributed by atoms with Crippen LogP contribution in [-0.4, -0.2) is 58.2 Å². The van der Waals surface area contributed by atoms with E-state index in [0.29, 0.717) is 24.0 Å². The summed E-state index contributed by atoms with van der Waals surface area (Å²) in [5.74, 6) is 1.15. The smallest absolute Gasteiger partial charge is 0.226 e. The fraction of sp³-hybridized carbons (Fsp3) is 0.545. The molecule has 0 fully saturated rings. The first-order chi connectivity index (χ1) is 9.24. The molecule has 0 spiro atoms. The number of aromatic amines is 1. The normalized spacial score (nSPS) is 12.6. The van der Waals surface area contributed by atoms with Crippen LogP contribution in [0.1, 0.15) is 6.92 Å². The summed E-state index contributed by atoms with van der Waals surface area (Å²) in [4.78, 5) is 8.63. The van der Waals surface area contributed by atoms with Crippen molar-refractivity contribution in [3.8, 4) is 0 Å². The van der Waals surface area contributed by atoms with Crippen molar-refractivity contribution in [3.63, 3.8) is 0 Å². The standard InChI is InChI=1S/C11H18N6O2/c1-3-12-11-15-9(13-4-7(18)6-19-2)8-5-14-17-10(8)16-11/h5,7,18H,3-4,6H2,1-2H3,(H3,12,13,14,15,16,17). The van der Waals surface area contributed by atoms with Gasteiger partial charge in [0.15, 0.2) is 5.65 Å². The van der Waals surface area contributed by atoms with Gasteiger partial charge in [-0.05, 0) is 6.92 Å². The second kappa shape index (κ2) is 6.30. The average Bonchev–Trinajstić information content (AvgIpc) is 2.85. The van der Waals surface area contributed by atoms with Crippen LogP contribution in [0.25, 0.3) is 11.0 Å². The lowest BCUT2D eigenvalue weighted by Gasteiger charge is -2.12. The van der Waals surface area contributed by atoms with E-state index in [1.165, 1.54) is 0 Å². The monoisotopic (exact) mass is 266 g/mol. The number of methoxy groups -OCH3 is 1. The van der Waals surface area contributed by atoms with E-state index in [1.807, 2.05) is 6.92 Å². The minimum absolute atomic E-state index is 0.271. The maximum atomic E-state index is 9.64. The van der Waals surface area contributed by atoms with E-state index in [4.69, 9.17) is 4.74 Å². The average molecular weight is 266 g/mol. The molecule has 0 saturated carbocycles. The van der Waals surface area contributed by atoms with E-state index in [0.717, 1.165) is 11.9 Å². The van der Waals surface area contributed by atoms with E-state index in [-0.39, 0.29) is 6.61 Å². The summed E-state index contributed by atoms with van der Waals surface area (Å²) in [6.07, 6.45) is 1.06. The summed E-state index contributed by atoms with van der Waals surface area (Å²) in [5, 5.41) is 23.3. The number of aliphatic hydroxyl groups excluding tert-OH is 1. The lowest BCUT2D eigenvalue weighted by Crippen LogP contribution is -2.24. The van der Waals surface area contributed by atoms with Crippen LogP contribution in [0.3, 0.4) is 0 Å². The summed E-state index contributed by atoms with van der Waals surface area (Å²) >= 11 is 0. The SMILES string of the molecule is CCNc1nc(NCC(O)COC)c2cn[nH]c2n1. The van der Waals surface area contributed by atoms with Gasteiger partial charge in [-0.25, -0.2) is 0 Å². The molecule has 2 heterocycles. The number of fused-ring (bicyclic) bond motifs is 1. The van der Waals surface area contributed by atoms with Crippen molar-refractivity contribution >= 4 is 22.8 Å². The summed E-state index contributed by atoms with van der Waals surface area (Å²) in [6, 6.07) is 0. The topological polar surface area (TPSA) is 108 Å². The molecule has 0 aliphatic carbocycles. The van der Waals surface area contributed by atoms with Crippen LogP contribution in [0.5, 0.6) is 0 Å². The molecule has 1 unspecified atom stereocenters. The second-order valence-corrected chi connectivity index (χ2v) is 4.05. The molecule has 2 rings (SSSR count). The molecule has 0 saturated heterocycles. The van der Waals surface area contributed by atoms with Gasteiger partial charge in [0.05, 0.1) is 24.3 Å². The van der Waals surface area contributed by atoms with Crippen LogP contribution in [-0.2, 0) is 4.74 Å². The molecule has 0 amide bonds. The number of anilines is 2. The lowest BCUT2D eigenvalue weighted by molar-refractivity contribution is 0.0727. The van der Waals surface area contributed by atoms with Gasteiger partial charge >= 0.3 is 0 Å². The van der Waals surface area contributed by atoms with E-state index in [9.17, 15) is 5.11 Å². The number of hydrogen-bond donors (Lipinski definition) is 4. The third-order valence-corrected chi connectivity index (χ3v) is 2.51. The van der Waals surface area contributed by atoms with Gasteiger partial charge < -0.3 is 20.5 Å². The minimum atomic E-state index is -0.593. The van der Waals surface area contributed by atoms with Crippen LogP contribution >= 0.6 is 0 Å². The molecule has 104 valence electrons. The molecule has 8 heteroatoms. The Morgan fingerprint density at radius 1 is 1.42 bits per heavy atom. The minimum Gasteiger partial charge on any atom is -0.389 e. The van der Waals surface area contributed by atoms with Crippen molar-refractivity contribution in [2.75, 3.05) is 37.4 Å². The Bertz CT molecular complexity index is 529. The fourth-order valence-electron chi connectivity index (χ4n) is 1.67. The van der Waals surface area contributed by atoms with Crippen LogP contribution < -0.4 is 10.6 Å². The molecule has 0 bridgehead atoms. The van der Waals surface area contributed by atoms with Crippen LogP contribution in [0.4, 0.5) is 11.8 Å². The maximum Gasteiger partial charge on any atom is 0.226 e. The van der Waals surface area contributed by atoms with Crippen molar-refractivity contribution in [2.24, 2.45) is 0 Å². The third kappa shape index (κ3) is 3.30. The Morgan fingerprint density at radius 2 is 2.26 bits per heavy atom. The van der Waals surface area contributed by atoms with E-state index in [1.54, 1.807) is 13.3 Å². The molecular formula is C11H18N6O2. The van der Waals surface area contributed by atoms with E-state index in [2.05, 4.69) is 30.8 Å². The van der Waals surface area contributed by atoms with Crippen molar-refractivity contribution in [3.05, 3.63) is 6.20 Å². The molecule has 0 aliphatic heterocycles. The Balaban J connectivity index is 2.17. The van der Waals surface area contributed by atoms with Crippen LogP contribution in [0.15, 0.2) is 6.20 Å². The molecule has 2 aromatic rings. The zero-order valence-electron chi connectivity index (χ0n) is 11.0. The van der Waals surface area contributed by atoms with Gasteiger partial charge in [0.1, 0.15) is 5.82 Å². The molecule has 0 aromatic carbocycles. The summed E-state index contributed by atoms with van der Waals surface area (Å²) in [7, 11) is 1.55. The van der Waals surface area contributed by atoms with Gasteiger partial charge in [0, 0.05) is 20.2 Å². The zero-order chi connectivity index (χ0) is 13.7. The number of aliphatic hydroxyl groups is 1. The number of aromatic nitrogens is 4. The highest BCUT2D eigenvalue weighted by molar-refractivity contribution is 5.86. The molecule has 4 N–H and O–H groups in total. The van der Waals surface area contributed by atoms with Crippen LogP contribution in [0, 0.1) is 0 Å². The van der Waals surface area contributed by atoms with Gasteiger partial charge in [-0.2, -0.15) is 15.1 Å². The molecular weight excluding hydrogens is 248 g/mol.